The summed E-state index contributed by atoms with van der Waals surface area (Å²) in [6.07, 6.45) is 0. The first-order chi connectivity index (χ1) is 9.81. The first-order valence-electron chi connectivity index (χ1n) is 5.74. The van der Waals surface area contributed by atoms with Gasteiger partial charge in [0.1, 0.15) is 10.6 Å². The van der Waals surface area contributed by atoms with Crippen molar-refractivity contribution in [1.29, 1.82) is 0 Å². The Morgan fingerprint density at radius 2 is 1.95 bits per heavy atom. The van der Waals surface area contributed by atoms with Crippen molar-refractivity contribution in [2.45, 2.75) is 4.90 Å². The van der Waals surface area contributed by atoms with Crippen LogP contribution in [0, 0.1) is 0 Å². The van der Waals surface area contributed by atoms with Gasteiger partial charge >= 0.3 is 0 Å². The van der Waals surface area contributed by atoms with Gasteiger partial charge in [0.05, 0.1) is 18.5 Å². The van der Waals surface area contributed by atoms with E-state index in [9.17, 15) is 8.42 Å². The molecule has 0 aromatic heterocycles. The predicted molar refractivity (Wildman–Crippen MR) is 87.4 cm³/mol. The Morgan fingerprint density at radius 1 is 1.24 bits per heavy atom. The summed E-state index contributed by atoms with van der Waals surface area (Å²) < 4.78 is 33.0. The van der Waals surface area contributed by atoms with Gasteiger partial charge in [0.25, 0.3) is 10.0 Å². The highest BCUT2D eigenvalue weighted by Gasteiger charge is 2.18. The summed E-state index contributed by atoms with van der Waals surface area (Å²) >= 11 is 9.11. The zero-order valence-corrected chi connectivity index (χ0v) is 14.1. The van der Waals surface area contributed by atoms with E-state index in [2.05, 4.69) is 20.7 Å². The fourth-order valence-corrected chi connectivity index (χ4v) is 3.60. The third kappa shape index (κ3) is 3.81. The number of halogens is 2. The van der Waals surface area contributed by atoms with Crippen molar-refractivity contribution in [3.8, 4) is 5.75 Å². The molecule has 0 radical (unpaired) electrons. The number of hydrogen-bond acceptors (Lipinski definition) is 4. The van der Waals surface area contributed by atoms with Gasteiger partial charge in [-0.1, -0.05) is 27.5 Å². The van der Waals surface area contributed by atoms with Gasteiger partial charge in [-0.15, -0.1) is 0 Å². The van der Waals surface area contributed by atoms with E-state index >= 15 is 0 Å². The smallest absolute Gasteiger partial charge is 0.263 e. The molecule has 3 N–H and O–H groups in total. The van der Waals surface area contributed by atoms with Gasteiger partial charge in [0.15, 0.2) is 0 Å². The molecular formula is C13H12BrClN2O3S. The molecule has 0 aliphatic carbocycles. The van der Waals surface area contributed by atoms with Crippen LogP contribution in [0.2, 0.25) is 5.02 Å². The molecule has 0 saturated carbocycles. The SMILES string of the molecule is COc1cc(Br)cc(NS(=O)(=O)c2cc(Cl)ccc2N)c1. The second-order valence-corrected chi connectivity index (χ2v) is 7.17. The molecule has 0 amide bonds. The van der Waals surface area contributed by atoms with E-state index in [1.807, 2.05) is 0 Å². The van der Waals surface area contributed by atoms with Crippen LogP contribution in [0.4, 0.5) is 11.4 Å². The summed E-state index contributed by atoms with van der Waals surface area (Å²) in [5, 5.41) is 0.288. The van der Waals surface area contributed by atoms with Crippen LogP contribution < -0.4 is 15.2 Å². The Bertz CT molecular complexity index is 781. The largest absolute Gasteiger partial charge is 0.497 e. The van der Waals surface area contributed by atoms with E-state index < -0.39 is 10.0 Å². The third-order valence-electron chi connectivity index (χ3n) is 2.62. The van der Waals surface area contributed by atoms with Crippen molar-refractivity contribution in [3.05, 3.63) is 45.9 Å². The predicted octanol–water partition coefficient (Wildman–Crippen LogP) is 3.49. The van der Waals surface area contributed by atoms with Crippen LogP contribution in [-0.4, -0.2) is 15.5 Å². The summed E-state index contributed by atoms with van der Waals surface area (Å²) in [5.41, 5.74) is 6.17. The van der Waals surface area contributed by atoms with E-state index in [0.29, 0.717) is 15.9 Å². The minimum absolute atomic E-state index is 0.0751. The van der Waals surface area contributed by atoms with Gasteiger partial charge in [-0.25, -0.2) is 8.42 Å². The lowest BCUT2D eigenvalue weighted by Gasteiger charge is -2.12. The number of sulfonamides is 1. The number of rotatable bonds is 4. The quantitative estimate of drug-likeness (QED) is 0.782. The lowest BCUT2D eigenvalue weighted by Crippen LogP contribution is -2.14. The molecule has 0 bridgehead atoms. The van der Waals surface area contributed by atoms with Gasteiger partial charge in [-0.3, -0.25) is 4.72 Å². The maximum Gasteiger partial charge on any atom is 0.263 e. The first kappa shape index (κ1) is 15.9. The van der Waals surface area contributed by atoms with Crippen LogP contribution >= 0.6 is 27.5 Å². The van der Waals surface area contributed by atoms with Crippen molar-refractivity contribution < 1.29 is 13.2 Å². The minimum Gasteiger partial charge on any atom is -0.497 e. The van der Waals surface area contributed by atoms with Crippen LogP contribution in [0.5, 0.6) is 5.75 Å². The topological polar surface area (TPSA) is 81.4 Å². The van der Waals surface area contributed by atoms with E-state index in [1.54, 1.807) is 18.2 Å². The molecule has 0 aliphatic heterocycles. The van der Waals surface area contributed by atoms with Gasteiger partial charge in [0.2, 0.25) is 0 Å². The highest BCUT2D eigenvalue weighted by Crippen LogP contribution is 2.28. The van der Waals surface area contributed by atoms with Gasteiger partial charge < -0.3 is 10.5 Å². The van der Waals surface area contributed by atoms with Gasteiger partial charge in [-0.05, 0) is 30.3 Å². The molecule has 0 unspecified atom stereocenters. The van der Waals surface area contributed by atoms with Crippen LogP contribution in [0.3, 0.4) is 0 Å². The van der Waals surface area contributed by atoms with Crippen LogP contribution in [0.15, 0.2) is 45.8 Å². The highest BCUT2D eigenvalue weighted by molar-refractivity contribution is 9.10. The normalized spacial score (nSPS) is 11.2. The zero-order chi connectivity index (χ0) is 15.6. The van der Waals surface area contributed by atoms with E-state index in [0.717, 1.165) is 0 Å². The Hall–Kier alpha value is -1.44. The molecule has 0 spiro atoms. The maximum absolute atomic E-state index is 12.4. The number of benzene rings is 2. The van der Waals surface area contributed by atoms with Crippen molar-refractivity contribution in [3.63, 3.8) is 0 Å². The van der Waals surface area contributed by atoms with Crippen LogP contribution in [0.25, 0.3) is 0 Å². The summed E-state index contributed by atoms with van der Waals surface area (Å²) in [7, 11) is -2.35. The molecule has 0 aliphatic rings. The molecule has 5 nitrogen and oxygen atoms in total. The third-order valence-corrected chi connectivity index (χ3v) is 4.75. The molecule has 21 heavy (non-hydrogen) atoms. The monoisotopic (exact) mass is 390 g/mol. The Morgan fingerprint density at radius 3 is 2.62 bits per heavy atom. The Labute approximate surface area is 136 Å². The molecule has 0 heterocycles. The second-order valence-electron chi connectivity index (χ2n) is 4.17. The summed E-state index contributed by atoms with van der Waals surface area (Å²) in [5.74, 6) is 0.515. The van der Waals surface area contributed by atoms with E-state index in [4.69, 9.17) is 22.1 Å². The number of nitrogens with two attached hydrogens (primary N) is 1. The number of nitrogens with one attached hydrogen (secondary N) is 1. The average molecular weight is 392 g/mol. The lowest BCUT2D eigenvalue weighted by molar-refractivity contribution is 0.415. The molecule has 0 fully saturated rings. The van der Waals surface area contributed by atoms with Crippen LogP contribution in [-0.2, 0) is 10.0 Å². The van der Waals surface area contributed by atoms with E-state index in [-0.39, 0.29) is 15.6 Å². The maximum atomic E-state index is 12.4. The standard InChI is InChI=1S/C13H12BrClN2O3S/c1-20-11-5-8(14)4-10(7-11)17-21(18,19)13-6-9(15)2-3-12(13)16/h2-7,17H,16H2,1H3. The number of anilines is 2. The number of methoxy groups -OCH3 is 1. The summed E-state index contributed by atoms with van der Waals surface area (Å²) in [6, 6.07) is 9.15. The van der Waals surface area contributed by atoms with Crippen LogP contribution in [0.1, 0.15) is 0 Å². The Balaban J connectivity index is 2.42. The molecule has 2 aromatic carbocycles. The van der Waals surface area contributed by atoms with Crippen molar-refractivity contribution in [2.24, 2.45) is 0 Å². The molecular weight excluding hydrogens is 380 g/mol. The molecule has 112 valence electrons. The summed E-state index contributed by atoms with van der Waals surface area (Å²) in [4.78, 5) is -0.0751. The molecule has 2 rings (SSSR count). The zero-order valence-electron chi connectivity index (χ0n) is 10.9. The molecule has 8 heteroatoms. The first-order valence-corrected chi connectivity index (χ1v) is 8.39. The van der Waals surface area contributed by atoms with Crippen molar-refractivity contribution in [1.82, 2.24) is 0 Å². The number of hydrogen-bond donors (Lipinski definition) is 2. The average Bonchev–Trinajstić information content (AvgIpc) is 2.40. The van der Waals surface area contributed by atoms with Crippen molar-refractivity contribution in [2.75, 3.05) is 17.6 Å². The van der Waals surface area contributed by atoms with E-state index in [1.165, 1.54) is 25.3 Å². The fourth-order valence-electron chi connectivity index (χ4n) is 1.69. The van der Waals surface area contributed by atoms with Gasteiger partial charge in [-0.2, -0.15) is 0 Å². The molecule has 0 atom stereocenters. The lowest BCUT2D eigenvalue weighted by atomic mass is 10.3. The fraction of sp³-hybridized carbons (Fsp3) is 0.0769. The van der Waals surface area contributed by atoms with Crippen molar-refractivity contribution >= 4 is 48.9 Å². The van der Waals surface area contributed by atoms with Gasteiger partial charge in [0, 0.05) is 15.6 Å². The highest BCUT2D eigenvalue weighted by atomic mass is 79.9. The molecule has 0 saturated heterocycles. The second kappa shape index (κ2) is 6.13. The number of ether oxygens (including phenoxy) is 1. The minimum atomic E-state index is -3.84. The molecule has 2 aromatic rings. The Kier molecular flexibility index (Phi) is 4.65. The number of nitrogen functional groups attached to an aromatic ring is 1. The summed E-state index contributed by atoms with van der Waals surface area (Å²) in [6.45, 7) is 0.